The first-order valence-corrected chi connectivity index (χ1v) is 7.58. The molecule has 22 heavy (non-hydrogen) atoms. The van der Waals surface area contributed by atoms with E-state index < -0.39 is 0 Å². The second-order valence-corrected chi connectivity index (χ2v) is 6.01. The van der Waals surface area contributed by atoms with Crippen molar-refractivity contribution in [3.05, 3.63) is 57.1 Å². The fourth-order valence-corrected chi connectivity index (χ4v) is 2.53. The van der Waals surface area contributed by atoms with Gasteiger partial charge in [-0.25, -0.2) is 0 Å². The number of benzene rings is 2. The first-order chi connectivity index (χ1) is 10.4. The molecule has 0 heterocycles. The van der Waals surface area contributed by atoms with Crippen molar-refractivity contribution in [2.24, 2.45) is 0 Å². The minimum absolute atomic E-state index is 0.0807. The van der Waals surface area contributed by atoms with Crippen molar-refractivity contribution in [2.45, 2.75) is 20.8 Å². The van der Waals surface area contributed by atoms with Crippen molar-refractivity contribution in [1.82, 2.24) is 0 Å². The summed E-state index contributed by atoms with van der Waals surface area (Å²) in [5, 5.41) is 3.61. The molecule has 1 N–H and O–H groups in total. The second kappa shape index (κ2) is 7.03. The normalized spacial score (nSPS) is 10.4. The summed E-state index contributed by atoms with van der Waals surface area (Å²) >= 11 is 11.8. The van der Waals surface area contributed by atoms with Gasteiger partial charge in [-0.3, -0.25) is 4.79 Å². The molecule has 0 saturated heterocycles. The summed E-state index contributed by atoms with van der Waals surface area (Å²) in [7, 11) is 0. The highest BCUT2D eigenvalue weighted by Crippen LogP contribution is 2.26. The van der Waals surface area contributed by atoms with E-state index in [0.717, 1.165) is 22.4 Å². The fourth-order valence-electron chi connectivity index (χ4n) is 2.07. The van der Waals surface area contributed by atoms with Crippen LogP contribution >= 0.6 is 23.2 Å². The van der Waals surface area contributed by atoms with Crippen LogP contribution in [0.3, 0.4) is 0 Å². The van der Waals surface area contributed by atoms with E-state index in [2.05, 4.69) is 11.4 Å². The van der Waals surface area contributed by atoms with Crippen molar-refractivity contribution in [3.8, 4) is 5.75 Å². The highest BCUT2D eigenvalue weighted by Gasteiger charge is 2.09. The number of ether oxygens (including phenoxy) is 1. The Morgan fingerprint density at radius 3 is 2.55 bits per heavy atom. The van der Waals surface area contributed by atoms with E-state index in [0.29, 0.717) is 15.7 Å². The minimum atomic E-state index is -0.275. The number of anilines is 1. The first kappa shape index (κ1) is 16.7. The standard InChI is InChI=1S/C17H17Cl2NO2/c1-10-6-11(2)12(3)16(7-10)22-9-17(21)20-15-5-4-13(18)8-14(15)19/h4-8H,9H2,1-3H3,(H,20,21). The van der Waals surface area contributed by atoms with E-state index in [4.69, 9.17) is 27.9 Å². The number of carbonyl (C=O) groups is 1. The molecule has 0 radical (unpaired) electrons. The van der Waals surface area contributed by atoms with Crippen molar-refractivity contribution in [3.63, 3.8) is 0 Å². The number of aryl methyl sites for hydroxylation is 2. The van der Waals surface area contributed by atoms with Gasteiger partial charge in [0.25, 0.3) is 5.91 Å². The van der Waals surface area contributed by atoms with Gasteiger partial charge >= 0.3 is 0 Å². The van der Waals surface area contributed by atoms with E-state index in [-0.39, 0.29) is 12.5 Å². The molecule has 2 aromatic rings. The Hall–Kier alpha value is -1.71. The monoisotopic (exact) mass is 337 g/mol. The maximum absolute atomic E-state index is 12.0. The van der Waals surface area contributed by atoms with E-state index in [9.17, 15) is 4.79 Å². The summed E-state index contributed by atoms with van der Waals surface area (Å²) in [4.78, 5) is 12.0. The number of nitrogens with one attached hydrogen (secondary N) is 1. The van der Waals surface area contributed by atoms with Crippen LogP contribution in [0.15, 0.2) is 30.3 Å². The van der Waals surface area contributed by atoms with E-state index >= 15 is 0 Å². The van der Waals surface area contributed by atoms with Crippen molar-refractivity contribution in [2.75, 3.05) is 11.9 Å². The van der Waals surface area contributed by atoms with Gasteiger partial charge in [0.1, 0.15) is 5.75 Å². The molecule has 0 unspecified atom stereocenters. The SMILES string of the molecule is Cc1cc(C)c(C)c(OCC(=O)Nc2ccc(Cl)cc2Cl)c1. The van der Waals surface area contributed by atoms with Crippen LogP contribution in [0.1, 0.15) is 16.7 Å². The average molecular weight is 338 g/mol. The molecule has 0 atom stereocenters. The Morgan fingerprint density at radius 1 is 1.14 bits per heavy atom. The van der Waals surface area contributed by atoms with Gasteiger partial charge in [-0.1, -0.05) is 29.3 Å². The summed E-state index contributed by atoms with van der Waals surface area (Å²) in [5.41, 5.74) is 3.77. The van der Waals surface area contributed by atoms with Crippen LogP contribution in [-0.4, -0.2) is 12.5 Å². The maximum atomic E-state index is 12.0. The highest BCUT2D eigenvalue weighted by molar-refractivity contribution is 6.36. The highest BCUT2D eigenvalue weighted by atomic mass is 35.5. The number of carbonyl (C=O) groups excluding carboxylic acids is 1. The number of hydrogen-bond acceptors (Lipinski definition) is 2. The third-order valence-corrected chi connectivity index (χ3v) is 3.88. The summed E-state index contributed by atoms with van der Waals surface area (Å²) in [6.07, 6.45) is 0. The molecule has 0 fully saturated rings. The van der Waals surface area contributed by atoms with Gasteiger partial charge in [0.05, 0.1) is 10.7 Å². The number of halogens is 2. The van der Waals surface area contributed by atoms with Gasteiger partial charge in [0, 0.05) is 5.02 Å². The lowest BCUT2D eigenvalue weighted by atomic mass is 10.1. The summed E-state index contributed by atoms with van der Waals surface area (Å²) in [5.74, 6) is 0.442. The molecule has 0 aliphatic carbocycles. The molecule has 3 nitrogen and oxygen atoms in total. The molecular weight excluding hydrogens is 321 g/mol. The van der Waals surface area contributed by atoms with Crippen molar-refractivity contribution < 1.29 is 9.53 Å². The van der Waals surface area contributed by atoms with E-state index in [1.54, 1.807) is 18.2 Å². The van der Waals surface area contributed by atoms with E-state index in [1.807, 2.05) is 26.8 Å². The Labute approximate surface area is 140 Å². The summed E-state index contributed by atoms with van der Waals surface area (Å²) in [6.45, 7) is 5.90. The number of amides is 1. The molecule has 0 aliphatic heterocycles. The van der Waals surface area contributed by atoms with Crippen LogP contribution in [0.4, 0.5) is 5.69 Å². The van der Waals surface area contributed by atoms with Gasteiger partial charge in [0.15, 0.2) is 6.61 Å². The number of rotatable bonds is 4. The zero-order valence-corrected chi connectivity index (χ0v) is 14.2. The molecular formula is C17H17Cl2NO2. The Balaban J connectivity index is 2.01. The predicted octanol–water partition coefficient (Wildman–Crippen LogP) is 4.94. The lowest BCUT2D eigenvalue weighted by molar-refractivity contribution is -0.118. The molecule has 5 heteroatoms. The predicted molar refractivity (Wildman–Crippen MR) is 91.2 cm³/mol. The van der Waals surface area contributed by atoms with Crippen LogP contribution in [0.2, 0.25) is 10.0 Å². The number of hydrogen-bond donors (Lipinski definition) is 1. The quantitative estimate of drug-likeness (QED) is 0.858. The molecule has 0 bridgehead atoms. The van der Waals surface area contributed by atoms with Crippen molar-refractivity contribution >= 4 is 34.8 Å². The Morgan fingerprint density at radius 2 is 1.86 bits per heavy atom. The molecule has 2 aromatic carbocycles. The van der Waals surface area contributed by atoms with Crippen molar-refractivity contribution in [1.29, 1.82) is 0 Å². The molecule has 0 saturated carbocycles. The minimum Gasteiger partial charge on any atom is -0.483 e. The molecule has 116 valence electrons. The zero-order chi connectivity index (χ0) is 16.3. The van der Waals surface area contributed by atoms with E-state index in [1.165, 1.54) is 0 Å². The van der Waals surface area contributed by atoms with Crippen LogP contribution in [0, 0.1) is 20.8 Å². The zero-order valence-electron chi connectivity index (χ0n) is 12.7. The summed E-state index contributed by atoms with van der Waals surface area (Å²) in [6, 6.07) is 8.90. The largest absolute Gasteiger partial charge is 0.483 e. The maximum Gasteiger partial charge on any atom is 0.262 e. The molecule has 1 amide bonds. The van der Waals surface area contributed by atoms with Crippen LogP contribution in [-0.2, 0) is 4.79 Å². The lowest BCUT2D eigenvalue weighted by Gasteiger charge is -2.13. The average Bonchev–Trinajstić information content (AvgIpc) is 2.44. The first-order valence-electron chi connectivity index (χ1n) is 6.82. The van der Waals surface area contributed by atoms with Gasteiger partial charge in [-0.05, 0) is 61.7 Å². The Kier molecular flexibility index (Phi) is 5.33. The van der Waals surface area contributed by atoms with Gasteiger partial charge in [-0.2, -0.15) is 0 Å². The topological polar surface area (TPSA) is 38.3 Å². The second-order valence-electron chi connectivity index (χ2n) is 5.17. The molecule has 0 aliphatic rings. The summed E-state index contributed by atoms with van der Waals surface area (Å²) < 4.78 is 5.61. The fraction of sp³-hybridized carbons (Fsp3) is 0.235. The van der Waals surface area contributed by atoms with Crippen LogP contribution in [0.25, 0.3) is 0 Å². The van der Waals surface area contributed by atoms with Crippen LogP contribution < -0.4 is 10.1 Å². The Bertz CT molecular complexity index is 714. The smallest absolute Gasteiger partial charge is 0.262 e. The third kappa shape index (κ3) is 4.15. The van der Waals surface area contributed by atoms with Crippen LogP contribution in [0.5, 0.6) is 5.75 Å². The van der Waals surface area contributed by atoms with Gasteiger partial charge in [0.2, 0.25) is 0 Å². The lowest BCUT2D eigenvalue weighted by Crippen LogP contribution is -2.20. The molecule has 0 spiro atoms. The van der Waals surface area contributed by atoms with Gasteiger partial charge in [-0.15, -0.1) is 0 Å². The molecule has 0 aromatic heterocycles. The van der Waals surface area contributed by atoms with Gasteiger partial charge < -0.3 is 10.1 Å². The third-order valence-electron chi connectivity index (χ3n) is 3.33. The molecule has 2 rings (SSSR count).